The third kappa shape index (κ3) is 8.53. The van der Waals surface area contributed by atoms with Gasteiger partial charge in [-0.25, -0.2) is 0 Å². The summed E-state index contributed by atoms with van der Waals surface area (Å²) in [5.74, 6) is 2.45. The number of hydrogen-bond acceptors (Lipinski definition) is 3. The molecule has 2 nitrogen and oxygen atoms in total. The van der Waals surface area contributed by atoms with Crippen molar-refractivity contribution in [2.75, 3.05) is 31.1 Å². The average Bonchev–Trinajstić information content (AvgIpc) is 2.09. The summed E-state index contributed by atoms with van der Waals surface area (Å²) in [4.78, 5) is 2.89. The molecule has 0 saturated carbocycles. The molecule has 0 aromatic rings. The molecule has 0 aromatic heterocycles. The molecule has 2 N–H and O–H groups in total. The molecule has 0 unspecified atom stereocenters. The molecular formula is C9H20N2S2. The molecule has 0 amide bonds. The van der Waals surface area contributed by atoms with Crippen LogP contribution in [0.1, 0.15) is 20.3 Å². The third-order valence-corrected chi connectivity index (χ3v) is 2.91. The normalized spacial score (nSPS) is 10.7. The first-order valence-corrected chi connectivity index (χ1v) is 6.35. The first-order valence-electron chi connectivity index (χ1n) is 4.79. The molecule has 0 rings (SSSR count). The van der Waals surface area contributed by atoms with Gasteiger partial charge in [-0.1, -0.05) is 26.1 Å². The minimum atomic E-state index is 0.602. The largest absolute Gasteiger partial charge is 0.392 e. The smallest absolute Gasteiger partial charge is 0.0870 e. The highest BCUT2D eigenvalue weighted by Gasteiger charge is 2.02. The Bertz CT molecular complexity index is 140. The quantitative estimate of drug-likeness (QED) is 0.498. The number of thioether (sulfide) groups is 1. The van der Waals surface area contributed by atoms with Crippen LogP contribution in [0.25, 0.3) is 0 Å². The van der Waals surface area contributed by atoms with Crippen molar-refractivity contribution in [3.63, 3.8) is 0 Å². The predicted octanol–water partition coefficient (Wildman–Crippen LogP) is 1.74. The molecule has 13 heavy (non-hydrogen) atoms. The monoisotopic (exact) mass is 220 g/mol. The molecule has 0 aliphatic carbocycles. The Morgan fingerprint density at radius 2 is 2.15 bits per heavy atom. The molecule has 0 fully saturated rings. The number of likely N-dealkylation sites (N-methyl/N-ethyl adjacent to an activating group) is 1. The van der Waals surface area contributed by atoms with E-state index in [1.165, 1.54) is 17.9 Å². The van der Waals surface area contributed by atoms with Gasteiger partial charge in [0.15, 0.2) is 0 Å². The maximum atomic E-state index is 5.48. The van der Waals surface area contributed by atoms with Crippen molar-refractivity contribution in [3.05, 3.63) is 0 Å². The second-order valence-corrected chi connectivity index (χ2v) is 4.80. The summed E-state index contributed by atoms with van der Waals surface area (Å²) in [5.41, 5.74) is 5.48. The number of thiocarbonyl (C=S) groups is 1. The molecule has 0 radical (unpaired) electrons. The van der Waals surface area contributed by atoms with Gasteiger partial charge in [0.05, 0.1) is 4.99 Å². The second kappa shape index (κ2) is 8.78. The third-order valence-electron chi connectivity index (χ3n) is 1.79. The molecular weight excluding hydrogens is 200 g/mol. The van der Waals surface area contributed by atoms with E-state index in [0.717, 1.165) is 19.6 Å². The van der Waals surface area contributed by atoms with Crippen LogP contribution in [0, 0.1) is 0 Å². The minimum Gasteiger partial charge on any atom is -0.392 e. The summed E-state index contributed by atoms with van der Waals surface area (Å²) in [6.45, 7) is 7.25. The lowest BCUT2D eigenvalue weighted by molar-refractivity contribution is 0.330. The van der Waals surface area contributed by atoms with Crippen LogP contribution in [0.3, 0.4) is 0 Å². The van der Waals surface area contributed by atoms with E-state index < -0.39 is 0 Å². The van der Waals surface area contributed by atoms with Gasteiger partial charge in [-0.05, 0) is 31.0 Å². The van der Waals surface area contributed by atoms with E-state index in [2.05, 4.69) is 18.7 Å². The van der Waals surface area contributed by atoms with E-state index >= 15 is 0 Å². The second-order valence-electron chi connectivity index (χ2n) is 2.89. The molecule has 4 heteroatoms. The van der Waals surface area contributed by atoms with E-state index in [9.17, 15) is 0 Å². The average molecular weight is 220 g/mol. The van der Waals surface area contributed by atoms with Crippen molar-refractivity contribution in [1.29, 1.82) is 0 Å². The summed E-state index contributed by atoms with van der Waals surface area (Å²) < 4.78 is 0. The standard InChI is InChI=1S/C9H20N2S2/c1-3-11(8-9(10)12)6-5-7-13-4-2/h3-8H2,1-2H3,(H2,10,12). The lowest BCUT2D eigenvalue weighted by atomic mass is 10.4. The Morgan fingerprint density at radius 3 is 2.62 bits per heavy atom. The van der Waals surface area contributed by atoms with Gasteiger partial charge < -0.3 is 5.73 Å². The van der Waals surface area contributed by atoms with Gasteiger partial charge in [0.2, 0.25) is 0 Å². The van der Waals surface area contributed by atoms with Crippen LogP contribution in [0.15, 0.2) is 0 Å². The van der Waals surface area contributed by atoms with Gasteiger partial charge in [0.1, 0.15) is 0 Å². The predicted molar refractivity (Wildman–Crippen MR) is 66.5 cm³/mol. The van der Waals surface area contributed by atoms with Gasteiger partial charge in [-0.15, -0.1) is 0 Å². The number of rotatable bonds is 8. The summed E-state index contributed by atoms with van der Waals surface area (Å²) >= 11 is 6.86. The molecule has 0 spiro atoms. The minimum absolute atomic E-state index is 0.602. The lowest BCUT2D eigenvalue weighted by Gasteiger charge is -2.18. The fourth-order valence-corrected chi connectivity index (χ4v) is 1.91. The van der Waals surface area contributed by atoms with Crippen LogP contribution in [-0.4, -0.2) is 41.0 Å². The van der Waals surface area contributed by atoms with Crippen LogP contribution >= 0.6 is 24.0 Å². The fraction of sp³-hybridized carbons (Fsp3) is 0.889. The zero-order valence-corrected chi connectivity index (χ0v) is 10.2. The Morgan fingerprint density at radius 1 is 1.46 bits per heavy atom. The fourth-order valence-electron chi connectivity index (χ4n) is 1.10. The van der Waals surface area contributed by atoms with E-state index in [0.29, 0.717) is 4.99 Å². The van der Waals surface area contributed by atoms with Gasteiger partial charge in [-0.3, -0.25) is 4.90 Å². The van der Waals surface area contributed by atoms with E-state index in [4.69, 9.17) is 18.0 Å². The van der Waals surface area contributed by atoms with Crippen molar-refractivity contribution in [1.82, 2.24) is 4.90 Å². The van der Waals surface area contributed by atoms with Crippen LogP contribution in [0.5, 0.6) is 0 Å². The maximum Gasteiger partial charge on any atom is 0.0870 e. The molecule has 0 bridgehead atoms. The SMILES string of the molecule is CCSCCCN(CC)CC(N)=S. The van der Waals surface area contributed by atoms with Crippen molar-refractivity contribution < 1.29 is 0 Å². The summed E-state index contributed by atoms with van der Waals surface area (Å²) in [5, 5.41) is 0. The Kier molecular flexibility index (Phi) is 8.92. The highest BCUT2D eigenvalue weighted by Crippen LogP contribution is 2.02. The highest BCUT2D eigenvalue weighted by molar-refractivity contribution is 7.99. The Balaban J connectivity index is 3.42. The molecule has 0 aromatic carbocycles. The van der Waals surface area contributed by atoms with Crippen LogP contribution < -0.4 is 5.73 Å². The topological polar surface area (TPSA) is 29.3 Å². The van der Waals surface area contributed by atoms with Gasteiger partial charge in [0.25, 0.3) is 0 Å². The first-order chi connectivity index (χ1) is 6.20. The zero-order chi connectivity index (χ0) is 10.1. The van der Waals surface area contributed by atoms with Crippen LogP contribution in [0.4, 0.5) is 0 Å². The van der Waals surface area contributed by atoms with E-state index in [1.54, 1.807) is 0 Å². The van der Waals surface area contributed by atoms with E-state index in [-0.39, 0.29) is 0 Å². The molecule has 0 heterocycles. The molecule has 78 valence electrons. The lowest BCUT2D eigenvalue weighted by Crippen LogP contribution is -2.33. The summed E-state index contributed by atoms with van der Waals surface area (Å²) in [7, 11) is 0. The molecule has 0 aliphatic heterocycles. The van der Waals surface area contributed by atoms with Gasteiger partial charge >= 0.3 is 0 Å². The van der Waals surface area contributed by atoms with Crippen molar-refractivity contribution >= 4 is 29.0 Å². The van der Waals surface area contributed by atoms with Crippen molar-refractivity contribution in [3.8, 4) is 0 Å². The number of hydrogen-bond donors (Lipinski definition) is 1. The highest BCUT2D eigenvalue weighted by atomic mass is 32.2. The maximum absolute atomic E-state index is 5.48. The Labute approximate surface area is 91.2 Å². The number of nitrogens with zero attached hydrogens (tertiary/aromatic N) is 1. The van der Waals surface area contributed by atoms with Crippen molar-refractivity contribution in [2.45, 2.75) is 20.3 Å². The molecule has 0 atom stereocenters. The van der Waals surface area contributed by atoms with Gasteiger partial charge in [-0.2, -0.15) is 11.8 Å². The molecule has 0 aliphatic rings. The van der Waals surface area contributed by atoms with Crippen LogP contribution in [-0.2, 0) is 0 Å². The number of nitrogens with two attached hydrogens (primary N) is 1. The molecule has 0 saturated heterocycles. The summed E-state index contributed by atoms with van der Waals surface area (Å²) in [6.07, 6.45) is 1.23. The van der Waals surface area contributed by atoms with Gasteiger partial charge in [0, 0.05) is 6.54 Å². The van der Waals surface area contributed by atoms with Crippen LogP contribution in [0.2, 0.25) is 0 Å². The Hall–Kier alpha value is 0.200. The summed E-state index contributed by atoms with van der Waals surface area (Å²) in [6, 6.07) is 0. The zero-order valence-electron chi connectivity index (χ0n) is 8.58. The van der Waals surface area contributed by atoms with Crippen molar-refractivity contribution in [2.24, 2.45) is 5.73 Å². The van der Waals surface area contributed by atoms with E-state index in [1.807, 2.05) is 11.8 Å². The first kappa shape index (κ1) is 13.2.